The molecule has 1 aliphatic heterocycles. The Morgan fingerprint density at radius 2 is 0.667 bits per heavy atom. The molecule has 0 spiro atoms. The fraction of sp³-hybridized carbons (Fsp3) is 1.00. The zero-order valence-corrected chi connectivity index (χ0v) is 12.8. The fourth-order valence-corrected chi connectivity index (χ4v) is 1.67. The SMILES string of the molecule is C1CNCCNCCNCCNCCNC1.[Cl][Co+2]. The van der Waals surface area contributed by atoms with E-state index in [0.717, 1.165) is 65.4 Å². The van der Waals surface area contributed by atoms with Gasteiger partial charge in [0.1, 0.15) is 0 Å². The molecule has 0 aromatic rings. The maximum atomic E-state index is 4.33. The molecule has 1 fully saturated rings. The summed E-state index contributed by atoms with van der Waals surface area (Å²) in [6.07, 6.45) is 1.21. The summed E-state index contributed by atoms with van der Waals surface area (Å²) in [6.45, 7) is 10.7. The van der Waals surface area contributed by atoms with Crippen molar-refractivity contribution >= 4 is 10.1 Å². The Labute approximate surface area is 123 Å². The Morgan fingerprint density at radius 3 is 0.944 bits per heavy atom. The van der Waals surface area contributed by atoms with Gasteiger partial charge in [-0.2, -0.15) is 0 Å². The molecule has 0 atom stereocenters. The van der Waals surface area contributed by atoms with Gasteiger partial charge in [-0.25, -0.2) is 0 Å². The van der Waals surface area contributed by atoms with Crippen LogP contribution in [0.5, 0.6) is 0 Å². The molecule has 0 bridgehead atoms. The van der Waals surface area contributed by atoms with Crippen molar-refractivity contribution in [3.63, 3.8) is 0 Å². The molecule has 7 heteroatoms. The molecule has 5 nitrogen and oxygen atoms in total. The van der Waals surface area contributed by atoms with Crippen LogP contribution < -0.4 is 26.6 Å². The average Bonchev–Trinajstić information content (AvgIpc) is 2.41. The van der Waals surface area contributed by atoms with Crippen LogP contribution in [0.15, 0.2) is 0 Å². The van der Waals surface area contributed by atoms with Gasteiger partial charge in [0.05, 0.1) is 0 Å². The van der Waals surface area contributed by atoms with Crippen molar-refractivity contribution in [3.05, 3.63) is 0 Å². The zero-order valence-electron chi connectivity index (χ0n) is 11.0. The van der Waals surface area contributed by atoms with Crippen molar-refractivity contribution in [3.8, 4) is 0 Å². The topological polar surface area (TPSA) is 60.1 Å². The van der Waals surface area contributed by atoms with E-state index in [-0.39, 0.29) is 0 Å². The molecule has 5 N–H and O–H groups in total. The Hall–Kier alpha value is 0.596. The third kappa shape index (κ3) is 14.7. The van der Waals surface area contributed by atoms with Gasteiger partial charge in [0, 0.05) is 52.4 Å². The van der Waals surface area contributed by atoms with E-state index in [1.807, 2.05) is 0 Å². The van der Waals surface area contributed by atoms with Gasteiger partial charge < -0.3 is 26.6 Å². The van der Waals surface area contributed by atoms with E-state index in [0.29, 0.717) is 0 Å². The zero-order chi connectivity index (χ0) is 13.3. The number of rotatable bonds is 0. The van der Waals surface area contributed by atoms with Gasteiger partial charge in [-0.15, -0.1) is 0 Å². The molecule has 0 unspecified atom stereocenters. The average molecular weight is 324 g/mol. The number of halogens is 1. The molecular weight excluding hydrogens is 297 g/mol. The van der Waals surface area contributed by atoms with Crippen molar-refractivity contribution < 1.29 is 14.8 Å². The normalized spacial score (nSPS) is 21.7. The van der Waals surface area contributed by atoms with Crippen molar-refractivity contribution in [2.75, 3.05) is 65.4 Å². The van der Waals surface area contributed by atoms with E-state index in [4.69, 9.17) is 0 Å². The summed E-state index contributed by atoms with van der Waals surface area (Å²) >= 11 is 3.03. The summed E-state index contributed by atoms with van der Waals surface area (Å²) in [6, 6.07) is 0. The quantitative estimate of drug-likeness (QED) is 0.397. The first-order valence-corrected chi connectivity index (χ1v) is 8.09. The summed E-state index contributed by atoms with van der Waals surface area (Å²) in [5.74, 6) is 0. The van der Waals surface area contributed by atoms with Crippen molar-refractivity contribution in [2.24, 2.45) is 0 Å². The van der Waals surface area contributed by atoms with Crippen molar-refractivity contribution in [1.82, 2.24) is 26.6 Å². The van der Waals surface area contributed by atoms with E-state index >= 15 is 0 Å². The molecule has 0 radical (unpaired) electrons. The van der Waals surface area contributed by atoms with Gasteiger partial charge in [-0.3, -0.25) is 0 Å². The summed E-state index contributed by atoms with van der Waals surface area (Å²) in [4.78, 5) is 0. The second-order valence-electron chi connectivity index (χ2n) is 4.10. The predicted molar refractivity (Wildman–Crippen MR) is 74.8 cm³/mol. The van der Waals surface area contributed by atoms with Crippen LogP contribution in [0.25, 0.3) is 0 Å². The monoisotopic (exact) mass is 323 g/mol. The third-order valence-electron chi connectivity index (χ3n) is 2.62. The summed E-state index contributed by atoms with van der Waals surface area (Å²) in [5, 5.41) is 17.1. The minimum absolute atomic E-state index is 1.06. The summed E-state index contributed by atoms with van der Waals surface area (Å²) < 4.78 is 0. The van der Waals surface area contributed by atoms with Gasteiger partial charge in [-0.1, -0.05) is 0 Å². The standard InChI is InChI=1S/C11H27N5.ClH.Co/c1-2-12-4-6-14-8-10-16-11-9-15-7-5-13-3-1;;/h12-16H,1-11H2;1H;/q;;+3/p-1. The van der Waals surface area contributed by atoms with Crippen LogP contribution in [0.4, 0.5) is 0 Å². The molecule has 18 heavy (non-hydrogen) atoms. The predicted octanol–water partition coefficient (Wildman–Crippen LogP) is -0.975. The van der Waals surface area contributed by atoms with Crippen LogP contribution in [0.1, 0.15) is 6.42 Å². The number of nitrogens with one attached hydrogen (secondary N) is 5. The number of hydrogen-bond acceptors (Lipinski definition) is 5. The first kappa shape index (κ1) is 18.6. The summed E-state index contributed by atoms with van der Waals surface area (Å²) in [7, 11) is 4.33. The Kier molecular flexibility index (Phi) is 18.2. The molecule has 110 valence electrons. The molecule has 0 aliphatic carbocycles. The Morgan fingerprint density at radius 1 is 0.444 bits per heavy atom. The van der Waals surface area contributed by atoms with E-state index < -0.39 is 0 Å². The van der Waals surface area contributed by atoms with Crippen molar-refractivity contribution in [2.45, 2.75) is 6.42 Å². The molecular formula is C11H27ClCoN5+2. The first-order valence-electron chi connectivity index (χ1n) is 6.66. The first-order chi connectivity index (χ1) is 9.00. The Bertz CT molecular complexity index is 89.4. The molecule has 1 heterocycles. The Balaban J connectivity index is 0.00000137. The molecule has 0 aromatic carbocycles. The van der Waals surface area contributed by atoms with Gasteiger partial charge in [0.15, 0.2) is 0 Å². The van der Waals surface area contributed by atoms with E-state index in [1.54, 1.807) is 0 Å². The molecule has 1 saturated heterocycles. The molecule has 0 saturated carbocycles. The summed E-state index contributed by atoms with van der Waals surface area (Å²) in [5.41, 5.74) is 0. The second-order valence-corrected chi connectivity index (χ2v) is 4.10. The molecule has 1 aliphatic rings. The fourth-order valence-electron chi connectivity index (χ4n) is 1.67. The van der Waals surface area contributed by atoms with Crippen LogP contribution in [-0.2, 0) is 14.8 Å². The van der Waals surface area contributed by atoms with Crippen LogP contribution in [0, 0.1) is 0 Å². The van der Waals surface area contributed by atoms with Gasteiger partial charge >= 0.3 is 25.0 Å². The van der Waals surface area contributed by atoms with E-state index in [1.165, 1.54) is 6.42 Å². The molecule has 0 aromatic heterocycles. The second kappa shape index (κ2) is 17.6. The van der Waals surface area contributed by atoms with Gasteiger partial charge in [0.25, 0.3) is 0 Å². The molecule has 0 amide bonds. The van der Waals surface area contributed by atoms with Crippen molar-refractivity contribution in [1.29, 1.82) is 0 Å². The van der Waals surface area contributed by atoms with Crippen LogP contribution in [-0.4, -0.2) is 65.4 Å². The van der Waals surface area contributed by atoms with Crippen LogP contribution in [0.2, 0.25) is 0 Å². The molecule has 1 rings (SSSR count). The third-order valence-corrected chi connectivity index (χ3v) is 2.62. The number of hydrogen-bond donors (Lipinski definition) is 5. The van der Waals surface area contributed by atoms with E-state index in [2.05, 4.69) is 51.6 Å². The maximum absolute atomic E-state index is 4.33. The van der Waals surface area contributed by atoms with Crippen LogP contribution in [0.3, 0.4) is 0 Å². The van der Waals surface area contributed by atoms with E-state index in [9.17, 15) is 0 Å². The van der Waals surface area contributed by atoms with Gasteiger partial charge in [0.2, 0.25) is 0 Å². The van der Waals surface area contributed by atoms with Crippen LogP contribution >= 0.6 is 10.1 Å². The minimum atomic E-state index is 1.06. The van der Waals surface area contributed by atoms with Gasteiger partial charge in [-0.05, 0) is 19.5 Å².